The van der Waals surface area contributed by atoms with Crippen molar-refractivity contribution in [2.45, 2.75) is 20.8 Å². The molecule has 0 spiro atoms. The van der Waals surface area contributed by atoms with E-state index in [4.69, 9.17) is 9.47 Å². The van der Waals surface area contributed by atoms with Gasteiger partial charge in [0, 0.05) is 27.2 Å². The number of methoxy groups -OCH3 is 2. The largest absolute Gasteiger partial charge is 0.481 e. The fourth-order valence-electron chi connectivity index (χ4n) is 2.08. The van der Waals surface area contributed by atoms with Gasteiger partial charge in [-0.1, -0.05) is 19.4 Å². The molecule has 5 heteroatoms. The molecule has 0 amide bonds. The zero-order valence-corrected chi connectivity index (χ0v) is 13.5. The summed E-state index contributed by atoms with van der Waals surface area (Å²) < 4.78 is 12.3. The van der Waals surface area contributed by atoms with Crippen LogP contribution < -0.4 is 10.1 Å². The van der Waals surface area contributed by atoms with Gasteiger partial charge in [0.2, 0.25) is 5.88 Å². The van der Waals surface area contributed by atoms with Crippen LogP contribution in [0.5, 0.6) is 5.88 Å². The standard InChI is InChI=1S/C15H27N3O2/c1-11(2)13(10-16-7-8-19-5)9-14-12(3)17-18(4)15(14)20-6/h9,11,16H,7-8,10H2,1-6H3. The smallest absolute Gasteiger partial charge is 0.218 e. The number of hydrogen-bond acceptors (Lipinski definition) is 4. The second-order valence-corrected chi connectivity index (χ2v) is 5.18. The van der Waals surface area contributed by atoms with Gasteiger partial charge in [-0.25, -0.2) is 4.68 Å². The first-order valence-electron chi connectivity index (χ1n) is 6.99. The molecule has 0 unspecified atom stereocenters. The lowest BCUT2D eigenvalue weighted by molar-refractivity contribution is 0.200. The molecule has 1 rings (SSSR count). The minimum absolute atomic E-state index is 0.467. The van der Waals surface area contributed by atoms with E-state index in [0.717, 1.165) is 36.8 Å². The van der Waals surface area contributed by atoms with Gasteiger partial charge in [-0.2, -0.15) is 5.10 Å². The summed E-state index contributed by atoms with van der Waals surface area (Å²) in [6, 6.07) is 0. The van der Waals surface area contributed by atoms with Gasteiger partial charge in [0.05, 0.1) is 25.0 Å². The van der Waals surface area contributed by atoms with Crippen LogP contribution in [0.2, 0.25) is 0 Å². The quantitative estimate of drug-likeness (QED) is 0.741. The number of rotatable bonds is 8. The Morgan fingerprint density at radius 1 is 1.40 bits per heavy atom. The molecule has 0 atom stereocenters. The SMILES string of the molecule is COCCNCC(=Cc1c(C)nn(C)c1OC)C(C)C. The molecule has 0 aliphatic carbocycles. The highest BCUT2D eigenvalue weighted by Crippen LogP contribution is 2.25. The topological polar surface area (TPSA) is 48.3 Å². The van der Waals surface area contributed by atoms with E-state index in [-0.39, 0.29) is 0 Å². The Kier molecular flexibility index (Phi) is 6.75. The lowest BCUT2D eigenvalue weighted by atomic mass is 10.0. The van der Waals surface area contributed by atoms with Crippen LogP contribution in [0.15, 0.2) is 5.57 Å². The average molecular weight is 281 g/mol. The first-order chi connectivity index (χ1) is 9.51. The third-order valence-corrected chi connectivity index (χ3v) is 3.29. The zero-order chi connectivity index (χ0) is 15.1. The third-order valence-electron chi connectivity index (χ3n) is 3.29. The monoisotopic (exact) mass is 281 g/mol. The van der Waals surface area contributed by atoms with Crippen LogP contribution in [-0.2, 0) is 11.8 Å². The molecule has 0 aromatic carbocycles. The van der Waals surface area contributed by atoms with Crippen molar-refractivity contribution < 1.29 is 9.47 Å². The lowest BCUT2D eigenvalue weighted by Crippen LogP contribution is -2.23. The summed E-state index contributed by atoms with van der Waals surface area (Å²) in [5.74, 6) is 1.27. The Labute approximate surface area is 122 Å². The summed E-state index contributed by atoms with van der Waals surface area (Å²) in [7, 11) is 5.29. The molecule has 0 fully saturated rings. The summed E-state index contributed by atoms with van der Waals surface area (Å²) >= 11 is 0. The third kappa shape index (κ3) is 4.35. The second-order valence-electron chi connectivity index (χ2n) is 5.18. The van der Waals surface area contributed by atoms with Gasteiger partial charge in [0.1, 0.15) is 0 Å². The van der Waals surface area contributed by atoms with Crippen LogP contribution in [0.25, 0.3) is 6.08 Å². The molecular formula is C15H27N3O2. The molecule has 1 aromatic heterocycles. The normalized spacial score (nSPS) is 12.2. The van der Waals surface area contributed by atoms with Crippen LogP contribution >= 0.6 is 0 Å². The molecule has 0 aliphatic rings. The van der Waals surface area contributed by atoms with Gasteiger partial charge in [0.15, 0.2) is 0 Å². The van der Waals surface area contributed by atoms with Crippen LogP contribution in [0.3, 0.4) is 0 Å². The zero-order valence-electron chi connectivity index (χ0n) is 13.5. The van der Waals surface area contributed by atoms with E-state index in [1.807, 2.05) is 14.0 Å². The second kappa shape index (κ2) is 8.07. The fourth-order valence-corrected chi connectivity index (χ4v) is 2.08. The van der Waals surface area contributed by atoms with Crippen LogP contribution in [0, 0.1) is 12.8 Å². The van der Waals surface area contributed by atoms with E-state index in [1.54, 1.807) is 18.9 Å². The molecule has 1 N–H and O–H groups in total. The van der Waals surface area contributed by atoms with Gasteiger partial charge in [0.25, 0.3) is 0 Å². The molecule has 0 saturated heterocycles. The predicted molar refractivity (Wildman–Crippen MR) is 82.1 cm³/mol. The molecule has 20 heavy (non-hydrogen) atoms. The number of hydrogen-bond donors (Lipinski definition) is 1. The summed E-state index contributed by atoms with van der Waals surface area (Å²) in [6.45, 7) is 8.82. The molecule has 114 valence electrons. The maximum Gasteiger partial charge on any atom is 0.218 e. The molecule has 0 bridgehead atoms. The summed E-state index contributed by atoms with van der Waals surface area (Å²) in [6.07, 6.45) is 2.19. The molecule has 0 aliphatic heterocycles. The van der Waals surface area contributed by atoms with E-state index >= 15 is 0 Å². The minimum atomic E-state index is 0.467. The summed E-state index contributed by atoms with van der Waals surface area (Å²) in [5.41, 5.74) is 3.38. The van der Waals surface area contributed by atoms with Crippen LogP contribution in [-0.4, -0.2) is 43.7 Å². The maximum absolute atomic E-state index is 5.44. The van der Waals surface area contributed by atoms with Gasteiger partial charge in [-0.15, -0.1) is 0 Å². The van der Waals surface area contributed by atoms with Crippen molar-refractivity contribution in [2.75, 3.05) is 33.9 Å². The highest BCUT2D eigenvalue weighted by molar-refractivity contribution is 5.61. The van der Waals surface area contributed by atoms with Gasteiger partial charge < -0.3 is 14.8 Å². The van der Waals surface area contributed by atoms with E-state index in [9.17, 15) is 0 Å². The number of nitrogens with zero attached hydrogens (tertiary/aromatic N) is 2. The molecule has 0 radical (unpaired) electrons. The predicted octanol–water partition coefficient (Wildman–Crippen LogP) is 2.01. The first-order valence-corrected chi connectivity index (χ1v) is 6.99. The number of ether oxygens (including phenoxy) is 2. The van der Waals surface area contributed by atoms with E-state index in [0.29, 0.717) is 5.92 Å². The number of aryl methyl sites for hydroxylation is 2. The average Bonchev–Trinajstić information content (AvgIpc) is 2.66. The Morgan fingerprint density at radius 2 is 2.10 bits per heavy atom. The van der Waals surface area contributed by atoms with Crippen molar-refractivity contribution in [1.29, 1.82) is 0 Å². The van der Waals surface area contributed by atoms with Gasteiger partial charge in [-0.05, 0) is 18.9 Å². The van der Waals surface area contributed by atoms with Crippen LogP contribution in [0.1, 0.15) is 25.1 Å². The number of nitrogens with one attached hydrogen (secondary N) is 1. The molecular weight excluding hydrogens is 254 g/mol. The van der Waals surface area contributed by atoms with E-state index < -0.39 is 0 Å². The van der Waals surface area contributed by atoms with Crippen molar-refractivity contribution in [3.8, 4) is 5.88 Å². The molecule has 0 saturated carbocycles. The summed E-state index contributed by atoms with van der Waals surface area (Å²) in [5, 5.41) is 7.80. The van der Waals surface area contributed by atoms with E-state index in [1.165, 1.54) is 5.57 Å². The molecule has 5 nitrogen and oxygen atoms in total. The first kappa shape index (κ1) is 16.7. The maximum atomic E-state index is 5.44. The van der Waals surface area contributed by atoms with Crippen molar-refractivity contribution >= 4 is 6.08 Å². The Bertz CT molecular complexity index is 450. The summed E-state index contributed by atoms with van der Waals surface area (Å²) in [4.78, 5) is 0. The highest BCUT2D eigenvalue weighted by atomic mass is 16.5. The highest BCUT2D eigenvalue weighted by Gasteiger charge is 2.13. The Morgan fingerprint density at radius 3 is 2.65 bits per heavy atom. The number of aromatic nitrogens is 2. The van der Waals surface area contributed by atoms with E-state index in [2.05, 4.69) is 30.3 Å². The lowest BCUT2D eigenvalue weighted by Gasteiger charge is -2.13. The van der Waals surface area contributed by atoms with Gasteiger partial charge in [-0.3, -0.25) is 0 Å². The Hall–Kier alpha value is -1.33. The fraction of sp³-hybridized carbons (Fsp3) is 0.667. The van der Waals surface area contributed by atoms with Crippen LogP contribution in [0.4, 0.5) is 0 Å². The molecule has 1 heterocycles. The van der Waals surface area contributed by atoms with Crippen molar-refractivity contribution in [2.24, 2.45) is 13.0 Å². The molecule has 1 aromatic rings. The van der Waals surface area contributed by atoms with Crippen molar-refractivity contribution in [3.63, 3.8) is 0 Å². The van der Waals surface area contributed by atoms with Gasteiger partial charge >= 0.3 is 0 Å². The Balaban J connectivity index is 2.91. The van der Waals surface area contributed by atoms with Crippen molar-refractivity contribution in [1.82, 2.24) is 15.1 Å². The van der Waals surface area contributed by atoms with Crippen molar-refractivity contribution in [3.05, 3.63) is 16.8 Å². The minimum Gasteiger partial charge on any atom is -0.481 e.